The number of rotatable bonds is 4. The minimum Gasteiger partial charge on any atom is -0.357 e. The SMILES string of the molecule is FC(F)(F)c1ccc(/C=N/NC(=S)NCc2ccccc2)cc1. The van der Waals surface area contributed by atoms with Crippen LogP contribution in [0.2, 0.25) is 0 Å². The van der Waals surface area contributed by atoms with Crippen LogP contribution in [0.25, 0.3) is 0 Å². The number of nitrogens with zero attached hydrogens (tertiary/aromatic N) is 1. The minimum atomic E-state index is -4.34. The molecule has 0 heterocycles. The molecule has 2 aromatic rings. The standard InChI is InChI=1S/C16H14F3N3S/c17-16(18,19)14-8-6-13(7-9-14)11-21-22-15(23)20-10-12-4-2-1-3-5-12/h1-9,11H,10H2,(H2,20,22,23)/b21-11+. The second-order valence-corrected chi connectivity index (χ2v) is 5.07. The van der Waals surface area contributed by atoms with E-state index < -0.39 is 11.7 Å². The van der Waals surface area contributed by atoms with E-state index in [0.29, 0.717) is 17.2 Å². The molecule has 0 bridgehead atoms. The molecule has 0 aliphatic rings. The molecule has 0 atom stereocenters. The highest BCUT2D eigenvalue weighted by Crippen LogP contribution is 2.28. The molecule has 0 amide bonds. The van der Waals surface area contributed by atoms with Crippen molar-refractivity contribution in [3.8, 4) is 0 Å². The summed E-state index contributed by atoms with van der Waals surface area (Å²) in [5.41, 5.74) is 3.53. The number of hydrogen-bond donors (Lipinski definition) is 2. The number of nitrogens with one attached hydrogen (secondary N) is 2. The molecule has 2 N–H and O–H groups in total. The molecule has 0 saturated carbocycles. The Morgan fingerprint density at radius 3 is 2.30 bits per heavy atom. The van der Waals surface area contributed by atoms with Crippen molar-refractivity contribution in [2.45, 2.75) is 12.7 Å². The molecule has 120 valence electrons. The summed E-state index contributed by atoms with van der Waals surface area (Å²) in [5.74, 6) is 0. The second-order valence-electron chi connectivity index (χ2n) is 4.66. The van der Waals surface area contributed by atoms with Gasteiger partial charge in [0.25, 0.3) is 0 Å². The van der Waals surface area contributed by atoms with Crippen molar-refractivity contribution in [2.24, 2.45) is 5.10 Å². The van der Waals surface area contributed by atoms with Gasteiger partial charge in [-0.2, -0.15) is 18.3 Å². The lowest BCUT2D eigenvalue weighted by Crippen LogP contribution is -2.31. The predicted octanol–water partition coefficient (Wildman–Crippen LogP) is 3.70. The fourth-order valence-corrected chi connectivity index (χ4v) is 1.87. The van der Waals surface area contributed by atoms with Crippen LogP contribution in [-0.4, -0.2) is 11.3 Å². The van der Waals surface area contributed by atoms with E-state index in [1.54, 1.807) is 0 Å². The molecular weight excluding hydrogens is 323 g/mol. The smallest absolute Gasteiger partial charge is 0.357 e. The average molecular weight is 337 g/mol. The Bertz CT molecular complexity index is 667. The molecule has 0 fully saturated rings. The summed E-state index contributed by atoms with van der Waals surface area (Å²) in [6.45, 7) is 0.558. The van der Waals surface area contributed by atoms with Crippen molar-refractivity contribution in [2.75, 3.05) is 0 Å². The van der Waals surface area contributed by atoms with E-state index >= 15 is 0 Å². The zero-order valence-corrected chi connectivity index (χ0v) is 12.8. The van der Waals surface area contributed by atoms with Gasteiger partial charge in [-0.3, -0.25) is 5.43 Å². The number of alkyl halides is 3. The average Bonchev–Trinajstić information content (AvgIpc) is 2.53. The Morgan fingerprint density at radius 2 is 1.70 bits per heavy atom. The quantitative estimate of drug-likeness (QED) is 0.507. The Morgan fingerprint density at radius 1 is 1.04 bits per heavy atom. The van der Waals surface area contributed by atoms with Crippen LogP contribution in [0.3, 0.4) is 0 Å². The summed E-state index contributed by atoms with van der Waals surface area (Å²) in [6, 6.07) is 14.4. The van der Waals surface area contributed by atoms with Crippen molar-refractivity contribution in [1.82, 2.24) is 10.7 Å². The molecule has 0 unspecified atom stereocenters. The fourth-order valence-electron chi connectivity index (χ4n) is 1.74. The Hall–Kier alpha value is -2.41. The molecule has 3 nitrogen and oxygen atoms in total. The van der Waals surface area contributed by atoms with E-state index in [1.165, 1.54) is 18.3 Å². The molecule has 2 aromatic carbocycles. The largest absolute Gasteiger partial charge is 0.416 e. The van der Waals surface area contributed by atoms with Crippen LogP contribution in [0.4, 0.5) is 13.2 Å². The van der Waals surface area contributed by atoms with E-state index in [0.717, 1.165) is 17.7 Å². The molecule has 0 spiro atoms. The van der Waals surface area contributed by atoms with Gasteiger partial charge in [0.1, 0.15) is 0 Å². The maximum Gasteiger partial charge on any atom is 0.416 e. The number of hydrogen-bond acceptors (Lipinski definition) is 2. The van der Waals surface area contributed by atoms with Crippen LogP contribution in [0.15, 0.2) is 59.7 Å². The monoisotopic (exact) mass is 337 g/mol. The molecule has 0 aliphatic heterocycles. The van der Waals surface area contributed by atoms with E-state index in [2.05, 4.69) is 15.8 Å². The number of halogens is 3. The first-order chi connectivity index (χ1) is 10.9. The lowest BCUT2D eigenvalue weighted by Gasteiger charge is -2.07. The lowest BCUT2D eigenvalue weighted by atomic mass is 10.1. The Balaban J connectivity index is 1.80. The first kappa shape index (κ1) is 17.0. The summed E-state index contributed by atoms with van der Waals surface area (Å²) in [6.07, 6.45) is -2.94. The summed E-state index contributed by atoms with van der Waals surface area (Å²) < 4.78 is 37.3. The van der Waals surface area contributed by atoms with Crippen molar-refractivity contribution >= 4 is 23.5 Å². The van der Waals surface area contributed by atoms with Crippen LogP contribution in [-0.2, 0) is 12.7 Å². The highest BCUT2D eigenvalue weighted by molar-refractivity contribution is 7.80. The molecule has 23 heavy (non-hydrogen) atoms. The topological polar surface area (TPSA) is 36.4 Å². The molecule has 7 heteroatoms. The molecule has 0 radical (unpaired) electrons. The number of thiocarbonyl (C=S) groups is 1. The van der Waals surface area contributed by atoms with Gasteiger partial charge < -0.3 is 5.32 Å². The third kappa shape index (κ3) is 5.71. The highest BCUT2D eigenvalue weighted by atomic mass is 32.1. The van der Waals surface area contributed by atoms with Gasteiger partial charge in [0, 0.05) is 6.54 Å². The Labute approximate surface area is 137 Å². The van der Waals surface area contributed by atoms with Crippen molar-refractivity contribution in [3.05, 3.63) is 71.3 Å². The van der Waals surface area contributed by atoms with Crippen molar-refractivity contribution in [1.29, 1.82) is 0 Å². The molecular formula is C16H14F3N3S. The zero-order chi connectivity index (χ0) is 16.7. The van der Waals surface area contributed by atoms with Crippen molar-refractivity contribution in [3.63, 3.8) is 0 Å². The second kappa shape index (κ2) is 7.73. The first-order valence-electron chi connectivity index (χ1n) is 6.73. The van der Waals surface area contributed by atoms with Gasteiger partial charge >= 0.3 is 6.18 Å². The maximum absolute atomic E-state index is 12.4. The van der Waals surface area contributed by atoms with Gasteiger partial charge in [-0.25, -0.2) is 0 Å². The zero-order valence-electron chi connectivity index (χ0n) is 12.0. The maximum atomic E-state index is 12.4. The molecule has 2 rings (SSSR count). The van der Waals surface area contributed by atoms with E-state index in [4.69, 9.17) is 12.2 Å². The van der Waals surface area contributed by atoms with Crippen molar-refractivity contribution < 1.29 is 13.2 Å². The van der Waals surface area contributed by atoms with Crippen LogP contribution in [0.1, 0.15) is 16.7 Å². The third-order valence-corrected chi connectivity index (χ3v) is 3.15. The summed E-state index contributed by atoms with van der Waals surface area (Å²) in [4.78, 5) is 0. The molecule has 0 saturated heterocycles. The van der Waals surface area contributed by atoms with Gasteiger partial charge in [0.05, 0.1) is 11.8 Å². The van der Waals surface area contributed by atoms with Crippen LogP contribution in [0, 0.1) is 0 Å². The highest BCUT2D eigenvalue weighted by Gasteiger charge is 2.29. The predicted molar refractivity (Wildman–Crippen MR) is 88.1 cm³/mol. The van der Waals surface area contributed by atoms with Gasteiger partial charge in [-0.05, 0) is 35.5 Å². The van der Waals surface area contributed by atoms with E-state index in [1.807, 2.05) is 30.3 Å². The van der Waals surface area contributed by atoms with Crippen LogP contribution >= 0.6 is 12.2 Å². The van der Waals surface area contributed by atoms with Gasteiger partial charge in [-0.1, -0.05) is 42.5 Å². The summed E-state index contributed by atoms with van der Waals surface area (Å²) >= 11 is 5.05. The van der Waals surface area contributed by atoms with Gasteiger partial charge in [0.2, 0.25) is 0 Å². The van der Waals surface area contributed by atoms with E-state index in [-0.39, 0.29) is 0 Å². The summed E-state index contributed by atoms with van der Waals surface area (Å²) in [7, 11) is 0. The fraction of sp³-hybridized carbons (Fsp3) is 0.125. The van der Waals surface area contributed by atoms with Gasteiger partial charge in [0.15, 0.2) is 5.11 Å². The third-order valence-electron chi connectivity index (χ3n) is 2.91. The number of benzene rings is 2. The lowest BCUT2D eigenvalue weighted by molar-refractivity contribution is -0.137. The number of hydrazone groups is 1. The Kier molecular flexibility index (Phi) is 5.70. The van der Waals surface area contributed by atoms with Crippen LogP contribution in [0.5, 0.6) is 0 Å². The minimum absolute atomic E-state index is 0.331. The van der Waals surface area contributed by atoms with E-state index in [9.17, 15) is 13.2 Å². The molecule has 0 aliphatic carbocycles. The first-order valence-corrected chi connectivity index (χ1v) is 7.14. The summed E-state index contributed by atoms with van der Waals surface area (Å²) in [5, 5.41) is 7.19. The normalized spacial score (nSPS) is 11.4. The van der Waals surface area contributed by atoms with Gasteiger partial charge in [-0.15, -0.1) is 0 Å². The van der Waals surface area contributed by atoms with Crippen LogP contribution < -0.4 is 10.7 Å². The molecule has 0 aromatic heterocycles.